The summed E-state index contributed by atoms with van der Waals surface area (Å²) in [7, 11) is 0. The molecule has 1 fully saturated rings. The first-order chi connectivity index (χ1) is 9.08. The molecule has 5 heteroatoms. The van der Waals surface area contributed by atoms with E-state index in [0.717, 1.165) is 25.7 Å². The largest absolute Gasteiger partial charge is 0.507 e. The fourth-order valence-corrected chi connectivity index (χ4v) is 2.96. The van der Waals surface area contributed by atoms with Gasteiger partial charge in [-0.05, 0) is 25.0 Å². The Balaban J connectivity index is 2.05. The number of phenols is 2. The van der Waals surface area contributed by atoms with Crippen LogP contribution in [0.2, 0.25) is 0 Å². The minimum absolute atomic E-state index is 0.0444. The molecule has 104 valence electrons. The number of alkyl halides is 1. The smallest absolute Gasteiger partial charge is 0.258 e. The van der Waals surface area contributed by atoms with Crippen molar-refractivity contribution >= 4 is 17.5 Å². The molecule has 0 heterocycles. The summed E-state index contributed by atoms with van der Waals surface area (Å²) in [4.78, 5) is 12.0. The molecule has 0 radical (unpaired) electrons. The summed E-state index contributed by atoms with van der Waals surface area (Å²) in [5.74, 6) is -0.389. The maximum atomic E-state index is 12.0. The number of carbonyl (C=O) groups is 1. The van der Waals surface area contributed by atoms with Crippen LogP contribution in [0.4, 0.5) is 0 Å². The lowest BCUT2D eigenvalue weighted by molar-refractivity contribution is 0.0929. The van der Waals surface area contributed by atoms with Gasteiger partial charge >= 0.3 is 0 Å². The molecule has 1 aliphatic rings. The van der Waals surface area contributed by atoms with Crippen molar-refractivity contribution in [2.75, 3.05) is 12.4 Å². The van der Waals surface area contributed by atoms with Gasteiger partial charge in [-0.3, -0.25) is 4.79 Å². The molecule has 19 heavy (non-hydrogen) atoms. The summed E-state index contributed by atoms with van der Waals surface area (Å²) < 4.78 is 0. The normalized spacial score (nSPS) is 17.3. The van der Waals surface area contributed by atoms with E-state index in [9.17, 15) is 15.0 Å². The molecule has 2 rings (SSSR count). The quantitative estimate of drug-likeness (QED) is 0.744. The average molecular weight is 284 g/mol. The molecule has 0 bridgehead atoms. The molecule has 3 N–H and O–H groups in total. The molecular weight excluding hydrogens is 266 g/mol. The van der Waals surface area contributed by atoms with Crippen molar-refractivity contribution in [2.45, 2.75) is 25.7 Å². The van der Waals surface area contributed by atoms with Crippen LogP contribution in [-0.4, -0.2) is 28.5 Å². The van der Waals surface area contributed by atoms with Crippen LogP contribution >= 0.6 is 11.6 Å². The van der Waals surface area contributed by atoms with E-state index in [1.807, 2.05) is 0 Å². The molecule has 0 spiro atoms. The Bertz CT molecular complexity index is 450. The second kappa shape index (κ2) is 5.70. The van der Waals surface area contributed by atoms with Gasteiger partial charge in [-0.15, -0.1) is 11.6 Å². The minimum Gasteiger partial charge on any atom is -0.507 e. The molecule has 4 nitrogen and oxygen atoms in total. The number of carbonyl (C=O) groups excluding carboxylic acids is 1. The summed E-state index contributed by atoms with van der Waals surface area (Å²) in [6, 6.07) is 4.24. The Morgan fingerprint density at radius 3 is 2.37 bits per heavy atom. The number of amides is 1. The highest BCUT2D eigenvalue weighted by atomic mass is 35.5. The summed E-state index contributed by atoms with van der Waals surface area (Å²) in [6.45, 7) is 0.475. The van der Waals surface area contributed by atoms with E-state index in [4.69, 9.17) is 11.6 Å². The topological polar surface area (TPSA) is 69.6 Å². The molecule has 1 amide bonds. The lowest BCUT2D eigenvalue weighted by Gasteiger charge is -2.26. The zero-order chi connectivity index (χ0) is 13.9. The Hall–Kier alpha value is -1.42. The van der Waals surface area contributed by atoms with Gasteiger partial charge in [0, 0.05) is 17.8 Å². The molecule has 1 aliphatic carbocycles. The summed E-state index contributed by atoms with van der Waals surface area (Å²) >= 11 is 6.01. The predicted octanol–water partition coefficient (Wildman–Crippen LogP) is 2.63. The maximum absolute atomic E-state index is 12.0. The van der Waals surface area contributed by atoms with E-state index < -0.39 is 5.91 Å². The molecule has 0 atom stereocenters. The van der Waals surface area contributed by atoms with E-state index in [1.54, 1.807) is 0 Å². The molecule has 1 saturated carbocycles. The lowest BCUT2D eigenvalue weighted by Crippen LogP contribution is -2.37. The molecular formula is C14H18ClNO3. The average Bonchev–Trinajstić information content (AvgIpc) is 2.86. The van der Waals surface area contributed by atoms with Gasteiger partial charge in [-0.2, -0.15) is 0 Å². The van der Waals surface area contributed by atoms with Gasteiger partial charge in [0.05, 0.1) is 0 Å². The number of benzene rings is 1. The van der Waals surface area contributed by atoms with E-state index in [2.05, 4.69) is 5.32 Å². The molecule has 0 aromatic heterocycles. The van der Waals surface area contributed by atoms with Crippen LogP contribution in [0.5, 0.6) is 11.5 Å². The Morgan fingerprint density at radius 2 is 1.84 bits per heavy atom. The van der Waals surface area contributed by atoms with E-state index in [0.29, 0.717) is 12.4 Å². The summed E-state index contributed by atoms with van der Waals surface area (Å²) in [6.07, 6.45) is 4.27. The van der Waals surface area contributed by atoms with Crippen molar-refractivity contribution in [3.8, 4) is 11.5 Å². The van der Waals surface area contributed by atoms with Crippen LogP contribution < -0.4 is 5.32 Å². The van der Waals surface area contributed by atoms with Crippen molar-refractivity contribution in [3.63, 3.8) is 0 Å². The second-order valence-corrected chi connectivity index (χ2v) is 5.46. The Kier molecular flexibility index (Phi) is 4.20. The van der Waals surface area contributed by atoms with Gasteiger partial charge in [-0.25, -0.2) is 0 Å². The van der Waals surface area contributed by atoms with Crippen LogP contribution in [0.25, 0.3) is 0 Å². The third-order valence-electron chi connectivity index (χ3n) is 3.82. The van der Waals surface area contributed by atoms with Crippen molar-refractivity contribution in [1.82, 2.24) is 5.32 Å². The number of aromatic hydroxyl groups is 2. The fraction of sp³-hybridized carbons (Fsp3) is 0.500. The first kappa shape index (κ1) is 14.0. The minimum atomic E-state index is -0.466. The van der Waals surface area contributed by atoms with Gasteiger partial charge in [0.2, 0.25) is 0 Å². The van der Waals surface area contributed by atoms with Crippen LogP contribution in [0, 0.1) is 5.41 Å². The first-order valence-corrected chi connectivity index (χ1v) is 6.96. The van der Waals surface area contributed by atoms with Crippen LogP contribution in [0.1, 0.15) is 36.0 Å². The standard InChI is InChI=1S/C14H18ClNO3/c15-8-14(6-1-2-7-14)9-16-13(19)12-10(17)4-3-5-11(12)18/h3-5,17-18H,1-2,6-9H2,(H,16,19). The Labute approximate surface area is 117 Å². The van der Waals surface area contributed by atoms with Crippen molar-refractivity contribution in [1.29, 1.82) is 0 Å². The monoisotopic (exact) mass is 283 g/mol. The highest BCUT2D eigenvalue weighted by molar-refractivity contribution is 6.18. The van der Waals surface area contributed by atoms with Gasteiger partial charge < -0.3 is 15.5 Å². The lowest BCUT2D eigenvalue weighted by atomic mass is 9.88. The highest BCUT2D eigenvalue weighted by Gasteiger charge is 2.33. The highest BCUT2D eigenvalue weighted by Crippen LogP contribution is 2.38. The zero-order valence-electron chi connectivity index (χ0n) is 10.7. The van der Waals surface area contributed by atoms with E-state index >= 15 is 0 Å². The summed E-state index contributed by atoms with van der Waals surface area (Å²) in [5, 5.41) is 22.0. The maximum Gasteiger partial charge on any atom is 0.258 e. The second-order valence-electron chi connectivity index (χ2n) is 5.19. The number of halogens is 1. The third kappa shape index (κ3) is 2.95. The van der Waals surface area contributed by atoms with Crippen LogP contribution in [0.15, 0.2) is 18.2 Å². The molecule has 0 aliphatic heterocycles. The van der Waals surface area contributed by atoms with E-state index in [-0.39, 0.29) is 22.5 Å². The van der Waals surface area contributed by atoms with Crippen LogP contribution in [-0.2, 0) is 0 Å². The number of nitrogens with one attached hydrogen (secondary N) is 1. The molecule has 1 aromatic rings. The molecule has 1 aromatic carbocycles. The Morgan fingerprint density at radius 1 is 1.26 bits per heavy atom. The molecule has 0 unspecified atom stereocenters. The number of hydrogen-bond donors (Lipinski definition) is 3. The van der Waals surface area contributed by atoms with Gasteiger partial charge in [0.1, 0.15) is 17.1 Å². The van der Waals surface area contributed by atoms with Gasteiger partial charge in [-0.1, -0.05) is 18.9 Å². The van der Waals surface area contributed by atoms with Gasteiger partial charge in [0.25, 0.3) is 5.91 Å². The van der Waals surface area contributed by atoms with Gasteiger partial charge in [0.15, 0.2) is 0 Å². The molecule has 0 saturated heterocycles. The van der Waals surface area contributed by atoms with Crippen LogP contribution in [0.3, 0.4) is 0 Å². The number of hydrogen-bond acceptors (Lipinski definition) is 3. The SMILES string of the molecule is O=C(NCC1(CCl)CCCC1)c1c(O)cccc1O. The number of phenolic OH excluding ortho intramolecular Hbond substituents is 2. The van der Waals surface area contributed by atoms with Crippen molar-refractivity contribution < 1.29 is 15.0 Å². The fourth-order valence-electron chi connectivity index (χ4n) is 2.60. The third-order valence-corrected chi connectivity index (χ3v) is 4.39. The first-order valence-electron chi connectivity index (χ1n) is 6.43. The summed E-state index contributed by atoms with van der Waals surface area (Å²) in [5.41, 5.74) is -0.123. The number of rotatable bonds is 4. The van der Waals surface area contributed by atoms with Crippen molar-refractivity contribution in [2.24, 2.45) is 5.41 Å². The van der Waals surface area contributed by atoms with Crippen molar-refractivity contribution in [3.05, 3.63) is 23.8 Å². The zero-order valence-corrected chi connectivity index (χ0v) is 11.4. The predicted molar refractivity (Wildman–Crippen MR) is 73.7 cm³/mol. The van der Waals surface area contributed by atoms with E-state index in [1.165, 1.54) is 18.2 Å².